The number of ether oxygens (including phenoxy) is 2. The van der Waals surface area contributed by atoms with Gasteiger partial charge < -0.3 is 9.47 Å². The van der Waals surface area contributed by atoms with E-state index in [0.717, 1.165) is 0 Å². The van der Waals surface area contributed by atoms with Gasteiger partial charge in [-0.2, -0.15) is 0 Å². The third-order valence-electron chi connectivity index (χ3n) is 2.56. The van der Waals surface area contributed by atoms with Crippen molar-refractivity contribution < 1.29 is 19.1 Å². The van der Waals surface area contributed by atoms with E-state index < -0.39 is 5.97 Å². The minimum absolute atomic E-state index is 0.208. The van der Waals surface area contributed by atoms with Crippen LogP contribution in [-0.2, 0) is 0 Å². The van der Waals surface area contributed by atoms with Crippen LogP contribution in [0.4, 0.5) is 0 Å². The van der Waals surface area contributed by atoms with E-state index in [1.165, 1.54) is 19.2 Å². The molecule has 0 radical (unpaired) electrons. The lowest BCUT2D eigenvalue weighted by atomic mass is 10.1. The van der Waals surface area contributed by atoms with Crippen LogP contribution in [0.2, 0.25) is 0 Å². The molecule has 0 spiro atoms. The van der Waals surface area contributed by atoms with Crippen molar-refractivity contribution >= 4 is 12.3 Å². The normalized spacial score (nSPS) is 9.74. The Bertz CT molecular complexity index is 590. The zero-order chi connectivity index (χ0) is 13.7. The summed E-state index contributed by atoms with van der Waals surface area (Å²) in [6.07, 6.45) is 0.601. The maximum absolute atomic E-state index is 12.0. The molecule has 0 aliphatic rings. The number of carbonyl (C=O) groups is 2. The second-order valence-corrected chi connectivity index (χ2v) is 3.77. The van der Waals surface area contributed by atoms with E-state index in [-0.39, 0.29) is 11.1 Å². The molecule has 2 rings (SSSR count). The molecule has 0 aromatic heterocycles. The second-order valence-electron chi connectivity index (χ2n) is 3.77. The molecule has 0 unspecified atom stereocenters. The Kier molecular flexibility index (Phi) is 3.93. The molecule has 0 fully saturated rings. The number of benzene rings is 2. The second kappa shape index (κ2) is 5.82. The molecule has 2 aromatic rings. The van der Waals surface area contributed by atoms with Crippen molar-refractivity contribution in [2.45, 2.75) is 0 Å². The molecular weight excluding hydrogens is 244 g/mol. The summed E-state index contributed by atoms with van der Waals surface area (Å²) < 4.78 is 10.2. The fourth-order valence-electron chi connectivity index (χ4n) is 1.60. The number of para-hydroxylation sites is 1. The summed E-state index contributed by atoms with van der Waals surface area (Å²) in [5.74, 6) is 0.370. The summed E-state index contributed by atoms with van der Waals surface area (Å²) in [6.45, 7) is 0. The van der Waals surface area contributed by atoms with Gasteiger partial charge in [0.15, 0.2) is 6.29 Å². The highest BCUT2D eigenvalue weighted by atomic mass is 16.5. The molecule has 4 nitrogen and oxygen atoms in total. The quantitative estimate of drug-likeness (QED) is 0.479. The van der Waals surface area contributed by atoms with E-state index in [9.17, 15) is 9.59 Å². The zero-order valence-electron chi connectivity index (χ0n) is 10.3. The van der Waals surface area contributed by atoms with Gasteiger partial charge in [-0.05, 0) is 30.3 Å². The summed E-state index contributed by atoms with van der Waals surface area (Å²) in [7, 11) is 1.49. The average molecular weight is 256 g/mol. The van der Waals surface area contributed by atoms with Crippen molar-refractivity contribution in [3.8, 4) is 11.5 Å². The molecule has 96 valence electrons. The lowest BCUT2D eigenvalue weighted by Gasteiger charge is -2.07. The molecule has 2 aromatic carbocycles. The van der Waals surface area contributed by atoms with Crippen molar-refractivity contribution in [1.29, 1.82) is 0 Å². The van der Waals surface area contributed by atoms with Crippen LogP contribution in [0.5, 0.6) is 11.5 Å². The van der Waals surface area contributed by atoms with Crippen LogP contribution in [0.25, 0.3) is 0 Å². The van der Waals surface area contributed by atoms with E-state index in [0.29, 0.717) is 17.8 Å². The van der Waals surface area contributed by atoms with Gasteiger partial charge >= 0.3 is 5.97 Å². The number of hydrogen-bond acceptors (Lipinski definition) is 4. The predicted molar refractivity (Wildman–Crippen MR) is 69.8 cm³/mol. The van der Waals surface area contributed by atoms with Gasteiger partial charge in [0, 0.05) is 5.56 Å². The maximum atomic E-state index is 12.0. The monoisotopic (exact) mass is 256 g/mol. The molecule has 0 heterocycles. The minimum atomic E-state index is -0.573. The van der Waals surface area contributed by atoms with Crippen LogP contribution in [0.1, 0.15) is 20.7 Å². The highest BCUT2D eigenvalue weighted by Gasteiger charge is 2.14. The van der Waals surface area contributed by atoms with Crippen molar-refractivity contribution in [3.05, 3.63) is 59.7 Å². The first-order chi connectivity index (χ1) is 9.24. The topological polar surface area (TPSA) is 52.6 Å². The minimum Gasteiger partial charge on any atom is -0.497 e. The van der Waals surface area contributed by atoms with Gasteiger partial charge in [0.05, 0.1) is 12.7 Å². The number of rotatable bonds is 4. The van der Waals surface area contributed by atoms with Gasteiger partial charge in [-0.1, -0.05) is 18.2 Å². The first-order valence-corrected chi connectivity index (χ1v) is 5.65. The molecule has 0 aliphatic carbocycles. The summed E-state index contributed by atoms with van der Waals surface area (Å²) in [5, 5.41) is 0. The van der Waals surface area contributed by atoms with Gasteiger partial charge in [-0.3, -0.25) is 4.79 Å². The van der Waals surface area contributed by atoms with Gasteiger partial charge in [0.25, 0.3) is 0 Å². The van der Waals surface area contributed by atoms with Crippen LogP contribution < -0.4 is 9.47 Å². The van der Waals surface area contributed by atoms with Crippen LogP contribution in [0.3, 0.4) is 0 Å². The Morgan fingerprint density at radius 2 is 1.79 bits per heavy atom. The van der Waals surface area contributed by atoms with Gasteiger partial charge in [-0.25, -0.2) is 4.79 Å². The van der Waals surface area contributed by atoms with Crippen molar-refractivity contribution in [2.75, 3.05) is 7.11 Å². The molecule has 0 N–H and O–H groups in total. The third kappa shape index (κ3) is 2.98. The molecule has 0 bridgehead atoms. The van der Waals surface area contributed by atoms with Crippen molar-refractivity contribution in [2.24, 2.45) is 0 Å². The number of hydrogen-bond donors (Lipinski definition) is 0. The third-order valence-corrected chi connectivity index (χ3v) is 2.56. The zero-order valence-corrected chi connectivity index (χ0v) is 10.3. The van der Waals surface area contributed by atoms with E-state index in [1.54, 1.807) is 30.3 Å². The predicted octanol–water partition coefficient (Wildman–Crippen LogP) is 2.73. The molecule has 0 saturated carbocycles. The Labute approximate surface area is 110 Å². The molecule has 0 saturated heterocycles. The first kappa shape index (κ1) is 12.8. The van der Waals surface area contributed by atoms with Crippen LogP contribution in [-0.4, -0.2) is 19.4 Å². The number of aldehydes is 1. The summed E-state index contributed by atoms with van der Waals surface area (Å²) in [5.41, 5.74) is 0.444. The van der Waals surface area contributed by atoms with Crippen LogP contribution in [0, 0.1) is 0 Å². The summed E-state index contributed by atoms with van der Waals surface area (Å²) in [4.78, 5) is 23.0. The van der Waals surface area contributed by atoms with Crippen molar-refractivity contribution in [3.63, 3.8) is 0 Å². The number of esters is 1. The van der Waals surface area contributed by atoms with Crippen LogP contribution in [0.15, 0.2) is 48.5 Å². The lowest BCUT2D eigenvalue weighted by Crippen LogP contribution is -2.11. The molecular formula is C15H12O4. The Balaban J connectivity index is 2.26. The lowest BCUT2D eigenvalue weighted by molar-refractivity contribution is 0.0731. The number of carbonyl (C=O) groups excluding carboxylic acids is 2. The van der Waals surface area contributed by atoms with Gasteiger partial charge in [0.2, 0.25) is 0 Å². The van der Waals surface area contributed by atoms with E-state index in [4.69, 9.17) is 9.47 Å². The van der Waals surface area contributed by atoms with Crippen molar-refractivity contribution in [1.82, 2.24) is 0 Å². The smallest absolute Gasteiger partial charge is 0.344 e. The molecule has 4 heteroatoms. The maximum Gasteiger partial charge on any atom is 0.344 e. The SMILES string of the molecule is COc1ccc(C(=O)Oc2ccccc2)c(C=O)c1. The Morgan fingerprint density at radius 3 is 2.42 bits per heavy atom. The van der Waals surface area contributed by atoms with Gasteiger partial charge in [0.1, 0.15) is 11.5 Å². The fraction of sp³-hybridized carbons (Fsp3) is 0.0667. The molecule has 0 aliphatic heterocycles. The van der Waals surface area contributed by atoms with E-state index >= 15 is 0 Å². The summed E-state index contributed by atoms with van der Waals surface area (Å²) in [6, 6.07) is 13.3. The largest absolute Gasteiger partial charge is 0.497 e. The Hall–Kier alpha value is -2.62. The van der Waals surface area contributed by atoms with E-state index in [1.807, 2.05) is 6.07 Å². The van der Waals surface area contributed by atoms with Gasteiger partial charge in [-0.15, -0.1) is 0 Å². The number of methoxy groups -OCH3 is 1. The Morgan fingerprint density at radius 1 is 1.05 bits per heavy atom. The highest BCUT2D eigenvalue weighted by Crippen LogP contribution is 2.18. The van der Waals surface area contributed by atoms with Crippen LogP contribution >= 0.6 is 0 Å². The van der Waals surface area contributed by atoms with E-state index in [2.05, 4.69) is 0 Å². The molecule has 0 amide bonds. The molecule has 19 heavy (non-hydrogen) atoms. The first-order valence-electron chi connectivity index (χ1n) is 5.65. The molecule has 0 atom stereocenters. The summed E-state index contributed by atoms with van der Waals surface area (Å²) >= 11 is 0. The fourth-order valence-corrected chi connectivity index (χ4v) is 1.60. The standard InChI is InChI=1S/C15H12O4/c1-18-13-7-8-14(11(9-13)10-16)15(17)19-12-5-3-2-4-6-12/h2-10H,1H3. The highest BCUT2D eigenvalue weighted by molar-refractivity contribution is 5.99. The average Bonchev–Trinajstić information content (AvgIpc) is 2.47.